The van der Waals surface area contributed by atoms with Crippen LogP contribution in [0.15, 0.2) is 0 Å². The highest BCUT2D eigenvalue weighted by atomic mass is 16.3. The van der Waals surface area contributed by atoms with Crippen molar-refractivity contribution >= 4 is 5.91 Å². The van der Waals surface area contributed by atoms with Gasteiger partial charge in [0.25, 0.3) is 0 Å². The van der Waals surface area contributed by atoms with Crippen LogP contribution in [0.4, 0.5) is 0 Å². The van der Waals surface area contributed by atoms with Gasteiger partial charge < -0.3 is 15.5 Å². The number of amides is 1. The Kier molecular flexibility index (Phi) is 4.95. The summed E-state index contributed by atoms with van der Waals surface area (Å²) in [6, 6.07) is 0. The number of hydrogen-bond acceptors (Lipinski definition) is 3. The molecule has 0 spiro atoms. The molecule has 0 bridgehead atoms. The zero-order valence-corrected chi connectivity index (χ0v) is 8.50. The summed E-state index contributed by atoms with van der Waals surface area (Å²) in [5.41, 5.74) is -0.902. The van der Waals surface area contributed by atoms with Gasteiger partial charge in [-0.05, 0) is 13.3 Å². The first kappa shape index (κ1) is 12.4. The highest BCUT2D eigenvalue weighted by Crippen LogP contribution is 2.06. The van der Waals surface area contributed by atoms with E-state index in [4.69, 9.17) is 10.2 Å². The predicted octanol–water partition coefficient (Wildman–Crippen LogP) is -0.108. The van der Waals surface area contributed by atoms with E-state index in [1.165, 1.54) is 0 Å². The van der Waals surface area contributed by atoms with Gasteiger partial charge >= 0.3 is 0 Å². The van der Waals surface area contributed by atoms with Crippen LogP contribution in [-0.2, 0) is 4.79 Å². The lowest BCUT2D eigenvalue weighted by atomic mass is 10.0. The average molecular weight is 189 g/mol. The summed E-state index contributed by atoms with van der Waals surface area (Å²) >= 11 is 0. The van der Waals surface area contributed by atoms with Gasteiger partial charge in [-0.15, -0.1) is 0 Å². The molecule has 78 valence electrons. The molecule has 4 nitrogen and oxygen atoms in total. The van der Waals surface area contributed by atoms with Gasteiger partial charge in [-0.1, -0.05) is 13.8 Å². The molecular weight excluding hydrogens is 170 g/mol. The second-order valence-corrected chi connectivity index (χ2v) is 3.68. The molecule has 4 heteroatoms. The summed E-state index contributed by atoms with van der Waals surface area (Å²) in [7, 11) is 0. The highest BCUT2D eigenvalue weighted by Gasteiger charge is 2.26. The molecule has 0 aliphatic rings. The summed E-state index contributed by atoms with van der Waals surface area (Å²) < 4.78 is 0. The van der Waals surface area contributed by atoms with Crippen molar-refractivity contribution in [1.82, 2.24) is 5.32 Å². The van der Waals surface area contributed by atoms with Crippen LogP contribution >= 0.6 is 0 Å². The van der Waals surface area contributed by atoms with Gasteiger partial charge in [0.15, 0.2) is 0 Å². The zero-order chi connectivity index (χ0) is 10.5. The first-order valence-corrected chi connectivity index (χ1v) is 4.53. The summed E-state index contributed by atoms with van der Waals surface area (Å²) in [6.07, 6.45) is 0.749. The Morgan fingerprint density at radius 2 is 1.92 bits per heavy atom. The van der Waals surface area contributed by atoms with E-state index in [9.17, 15) is 4.79 Å². The molecule has 13 heavy (non-hydrogen) atoms. The van der Waals surface area contributed by atoms with Gasteiger partial charge in [-0.3, -0.25) is 4.79 Å². The van der Waals surface area contributed by atoms with Gasteiger partial charge in [0.1, 0.15) is 0 Å². The molecule has 0 rings (SSSR count). The van der Waals surface area contributed by atoms with Crippen molar-refractivity contribution in [2.75, 3.05) is 13.2 Å². The molecule has 0 heterocycles. The molecule has 0 aromatic rings. The standard InChI is InChI=1S/C9H19NO3/c1-4-7(2)8(13)10-9(3,5-11)6-12/h7,11-12H,4-6H2,1-3H3,(H,10,13). The zero-order valence-electron chi connectivity index (χ0n) is 8.50. The lowest BCUT2D eigenvalue weighted by Crippen LogP contribution is -2.53. The van der Waals surface area contributed by atoms with Crippen molar-refractivity contribution in [2.24, 2.45) is 5.92 Å². The molecule has 0 aromatic carbocycles. The molecule has 3 N–H and O–H groups in total. The number of carbonyl (C=O) groups is 1. The van der Waals surface area contributed by atoms with E-state index in [2.05, 4.69) is 5.32 Å². The Morgan fingerprint density at radius 1 is 1.46 bits per heavy atom. The van der Waals surface area contributed by atoms with Crippen molar-refractivity contribution in [3.63, 3.8) is 0 Å². The second-order valence-electron chi connectivity index (χ2n) is 3.68. The van der Waals surface area contributed by atoms with E-state index in [0.29, 0.717) is 0 Å². The molecule has 1 amide bonds. The lowest BCUT2D eigenvalue weighted by Gasteiger charge is -2.27. The third-order valence-electron chi connectivity index (χ3n) is 2.18. The van der Waals surface area contributed by atoms with Gasteiger partial charge in [0.2, 0.25) is 5.91 Å². The lowest BCUT2D eigenvalue weighted by molar-refractivity contribution is -0.127. The first-order valence-electron chi connectivity index (χ1n) is 4.53. The topological polar surface area (TPSA) is 69.6 Å². The Morgan fingerprint density at radius 3 is 2.23 bits per heavy atom. The molecule has 0 aliphatic heterocycles. The SMILES string of the molecule is CCC(C)C(=O)NC(C)(CO)CO. The van der Waals surface area contributed by atoms with E-state index in [1.807, 2.05) is 13.8 Å². The third kappa shape index (κ3) is 3.74. The van der Waals surface area contributed by atoms with E-state index >= 15 is 0 Å². The molecule has 1 unspecified atom stereocenters. The molecule has 0 radical (unpaired) electrons. The maximum Gasteiger partial charge on any atom is 0.223 e. The van der Waals surface area contributed by atoms with Crippen LogP contribution in [0.25, 0.3) is 0 Å². The average Bonchev–Trinajstić information content (AvgIpc) is 2.16. The van der Waals surface area contributed by atoms with Crippen molar-refractivity contribution < 1.29 is 15.0 Å². The molecule has 0 aliphatic carbocycles. The van der Waals surface area contributed by atoms with Crippen LogP contribution in [0, 0.1) is 5.92 Å². The van der Waals surface area contributed by atoms with Gasteiger partial charge in [-0.2, -0.15) is 0 Å². The number of carbonyl (C=O) groups excluding carboxylic acids is 1. The molecule has 0 saturated carbocycles. The van der Waals surface area contributed by atoms with Crippen LogP contribution in [0.1, 0.15) is 27.2 Å². The van der Waals surface area contributed by atoms with E-state index in [1.54, 1.807) is 6.92 Å². The van der Waals surface area contributed by atoms with Crippen LogP contribution < -0.4 is 5.32 Å². The normalized spacial score (nSPS) is 13.9. The van der Waals surface area contributed by atoms with Crippen molar-refractivity contribution in [2.45, 2.75) is 32.7 Å². The quantitative estimate of drug-likeness (QED) is 0.565. The fraction of sp³-hybridized carbons (Fsp3) is 0.889. The number of hydrogen-bond donors (Lipinski definition) is 3. The molecule has 0 aromatic heterocycles. The number of aliphatic hydroxyl groups is 2. The molecular formula is C9H19NO3. The monoisotopic (exact) mass is 189 g/mol. The fourth-order valence-corrected chi connectivity index (χ4v) is 0.735. The largest absolute Gasteiger partial charge is 0.394 e. The van der Waals surface area contributed by atoms with Crippen LogP contribution in [0.2, 0.25) is 0 Å². The van der Waals surface area contributed by atoms with Crippen LogP contribution in [-0.4, -0.2) is 34.9 Å². The highest BCUT2D eigenvalue weighted by molar-refractivity contribution is 5.79. The maximum absolute atomic E-state index is 11.4. The smallest absolute Gasteiger partial charge is 0.223 e. The third-order valence-corrected chi connectivity index (χ3v) is 2.18. The minimum absolute atomic E-state index is 0.0857. The fourth-order valence-electron chi connectivity index (χ4n) is 0.735. The Balaban J connectivity index is 4.17. The second kappa shape index (κ2) is 5.19. The van der Waals surface area contributed by atoms with Crippen molar-refractivity contribution in [3.05, 3.63) is 0 Å². The minimum Gasteiger partial charge on any atom is -0.394 e. The first-order chi connectivity index (χ1) is 5.99. The van der Waals surface area contributed by atoms with Crippen LogP contribution in [0.5, 0.6) is 0 Å². The molecule has 0 saturated heterocycles. The number of aliphatic hydroxyl groups excluding tert-OH is 2. The summed E-state index contributed by atoms with van der Waals surface area (Å²) in [6.45, 7) is 4.81. The molecule has 1 atom stereocenters. The maximum atomic E-state index is 11.4. The van der Waals surface area contributed by atoms with Gasteiger partial charge in [0.05, 0.1) is 18.8 Å². The molecule has 0 fully saturated rings. The summed E-state index contributed by atoms with van der Waals surface area (Å²) in [5, 5.41) is 20.4. The Hall–Kier alpha value is -0.610. The van der Waals surface area contributed by atoms with Gasteiger partial charge in [-0.25, -0.2) is 0 Å². The number of rotatable bonds is 5. The van der Waals surface area contributed by atoms with E-state index in [-0.39, 0.29) is 25.0 Å². The van der Waals surface area contributed by atoms with E-state index in [0.717, 1.165) is 6.42 Å². The summed E-state index contributed by atoms with van der Waals surface area (Å²) in [4.78, 5) is 11.4. The minimum atomic E-state index is -0.902. The van der Waals surface area contributed by atoms with Gasteiger partial charge in [0, 0.05) is 5.92 Å². The van der Waals surface area contributed by atoms with E-state index < -0.39 is 5.54 Å². The summed E-state index contributed by atoms with van der Waals surface area (Å²) in [5.74, 6) is -0.217. The predicted molar refractivity (Wildman–Crippen MR) is 50.2 cm³/mol. The number of nitrogens with one attached hydrogen (secondary N) is 1. The van der Waals surface area contributed by atoms with Crippen molar-refractivity contribution in [1.29, 1.82) is 0 Å². The Bertz CT molecular complexity index is 166. The van der Waals surface area contributed by atoms with Crippen LogP contribution in [0.3, 0.4) is 0 Å². The Labute approximate surface area is 79.0 Å². The van der Waals surface area contributed by atoms with Crippen molar-refractivity contribution in [3.8, 4) is 0 Å².